The van der Waals surface area contributed by atoms with Crippen LogP contribution >= 0.6 is 13.7 Å². The molecular weight excluding hydrogens is 743 g/mol. The minimum absolute atomic E-state index is 0.0528. The van der Waals surface area contributed by atoms with Crippen molar-refractivity contribution in [3.8, 4) is 0 Å². The molecule has 2 rings (SSSR count). The number of benzene rings is 2. The van der Waals surface area contributed by atoms with Crippen molar-refractivity contribution in [3.63, 3.8) is 0 Å². The van der Waals surface area contributed by atoms with E-state index in [1.807, 2.05) is 0 Å². The van der Waals surface area contributed by atoms with Gasteiger partial charge in [-0.05, 0) is 0 Å². The van der Waals surface area contributed by atoms with E-state index >= 15 is 0 Å². The Hall–Kier alpha value is -1.81. The number of carbonyl (C=O) groups excluding carboxylic acids is 2. The van der Waals surface area contributed by atoms with E-state index in [0.717, 1.165) is 152 Å². The Morgan fingerprint density at radius 3 is 0.855 bits per heavy atom. The van der Waals surface area contributed by atoms with Crippen LogP contribution in [-0.2, 0) is 18.9 Å². The first-order chi connectivity index (χ1) is 26.3. The van der Waals surface area contributed by atoms with E-state index in [0.29, 0.717) is 0 Å². The van der Waals surface area contributed by atoms with Gasteiger partial charge in [-0.3, -0.25) is 0 Å². The molecule has 0 aliphatic carbocycles. The van der Waals surface area contributed by atoms with Crippen LogP contribution in [0.25, 0.3) is 0 Å². The second kappa shape index (κ2) is 23.6. The number of hydrogen-bond donors (Lipinski definition) is 0. The molecule has 0 saturated heterocycles. The fraction of sp³-hybridized carbons (Fsp3) is 0.696. The predicted molar refractivity (Wildman–Crippen MR) is 241 cm³/mol. The Balaban J connectivity index is 2.80. The summed E-state index contributed by atoms with van der Waals surface area (Å²) < 4.78 is 44.0. The average Bonchev–Trinajstić information content (AvgIpc) is 3.21. The van der Waals surface area contributed by atoms with Gasteiger partial charge in [-0.15, -0.1) is 0 Å². The Morgan fingerprint density at radius 2 is 0.636 bits per heavy atom. The molecule has 2 aromatic rings. The first-order valence-electron chi connectivity index (χ1n) is 22.3. The summed E-state index contributed by atoms with van der Waals surface area (Å²) in [6.07, 6.45) is 23.0. The van der Waals surface area contributed by atoms with Crippen LogP contribution < -0.4 is 0 Å². The van der Waals surface area contributed by atoms with Crippen molar-refractivity contribution < 1.29 is 27.1 Å². The van der Waals surface area contributed by atoms with Crippen LogP contribution in [0.4, 0.5) is 0 Å². The molecular formula is C46H80O6P2S. The van der Waals surface area contributed by atoms with Crippen molar-refractivity contribution in [3.05, 3.63) is 59.7 Å². The summed E-state index contributed by atoms with van der Waals surface area (Å²) in [6, 6.07) is 12.9. The third kappa shape index (κ3) is 13.1. The monoisotopic (exact) mass is 823 g/mol. The van der Waals surface area contributed by atoms with Crippen LogP contribution in [-0.4, -0.2) is 69.7 Å². The van der Waals surface area contributed by atoms with Crippen molar-refractivity contribution in [1.29, 1.82) is 0 Å². The summed E-state index contributed by atoms with van der Waals surface area (Å²) in [5.41, 5.74) is 0.106. The number of sulfone groups is 1. The molecule has 0 saturated carbocycles. The van der Waals surface area contributed by atoms with Crippen molar-refractivity contribution in [2.45, 2.75) is 168 Å². The number of unbranched alkanes of at least 4 members (excludes halogenated alkanes) is 8. The van der Waals surface area contributed by atoms with Gasteiger partial charge in [0.25, 0.3) is 0 Å². The predicted octanol–water partition coefficient (Wildman–Crippen LogP) is 14.2. The molecule has 0 unspecified atom stereocenters. The molecule has 0 aliphatic rings. The van der Waals surface area contributed by atoms with E-state index in [1.54, 1.807) is 36.4 Å². The maximum absolute atomic E-state index is 15.0. The Labute approximate surface area is 338 Å². The van der Waals surface area contributed by atoms with Gasteiger partial charge in [0.2, 0.25) is 0 Å². The van der Waals surface area contributed by atoms with Crippen molar-refractivity contribution >= 4 is 35.4 Å². The molecule has 0 radical (unpaired) electrons. The van der Waals surface area contributed by atoms with Gasteiger partial charge in [-0.2, -0.15) is 0 Å². The van der Waals surface area contributed by atoms with Gasteiger partial charge in [-0.25, -0.2) is 0 Å². The molecule has 0 spiro atoms. The third-order valence-corrected chi connectivity index (χ3v) is 26.9. The second-order valence-electron chi connectivity index (χ2n) is 16.6. The zero-order chi connectivity index (χ0) is 40.9. The summed E-state index contributed by atoms with van der Waals surface area (Å²) >= 11 is 0. The Kier molecular flexibility index (Phi) is 21.1. The molecule has 0 aliphatic heterocycles. The zero-order valence-electron chi connectivity index (χ0n) is 36.3. The van der Waals surface area contributed by atoms with Gasteiger partial charge in [0, 0.05) is 0 Å². The summed E-state index contributed by atoms with van der Waals surface area (Å²) in [5, 5.41) is 0. The quantitative estimate of drug-likeness (QED) is 0.0729. The first-order valence-corrected chi connectivity index (χ1v) is 29.5. The molecule has 0 fully saturated rings. The SMILES string of the molecule is CCCCP(CCCC)(CCCC)(CCCC)OC(=O)c1ccccc1S(=O)(=O)c1ccccc1C(=O)OP(CCCC)(CCCC)(CCCC)CCCC. The van der Waals surface area contributed by atoms with Gasteiger partial charge in [0.05, 0.1) is 0 Å². The number of hydrogen-bond acceptors (Lipinski definition) is 6. The van der Waals surface area contributed by atoms with E-state index in [-0.39, 0.29) is 20.9 Å². The third-order valence-electron chi connectivity index (χ3n) is 12.1. The van der Waals surface area contributed by atoms with E-state index in [1.165, 1.54) is 12.1 Å². The van der Waals surface area contributed by atoms with Crippen LogP contribution in [0, 0.1) is 0 Å². The van der Waals surface area contributed by atoms with E-state index < -0.39 is 35.4 Å². The van der Waals surface area contributed by atoms with Crippen LogP contribution in [0.15, 0.2) is 58.3 Å². The minimum atomic E-state index is -4.35. The Bertz CT molecular complexity index is 1370. The normalized spacial score (nSPS) is 13.7. The summed E-state index contributed by atoms with van der Waals surface area (Å²) in [4.78, 5) is 29.2. The van der Waals surface area contributed by atoms with Crippen LogP contribution in [0.5, 0.6) is 0 Å². The van der Waals surface area contributed by atoms with Crippen LogP contribution in [0.1, 0.15) is 179 Å². The summed E-state index contributed by atoms with van der Waals surface area (Å²) in [6.45, 7) is 11.4. The van der Waals surface area contributed by atoms with Crippen molar-refractivity contribution in [2.24, 2.45) is 0 Å². The van der Waals surface area contributed by atoms with Crippen molar-refractivity contribution in [1.82, 2.24) is 0 Å². The van der Waals surface area contributed by atoms with E-state index in [4.69, 9.17) is 9.05 Å². The molecule has 0 heterocycles. The van der Waals surface area contributed by atoms with Crippen LogP contribution in [0.2, 0.25) is 0 Å². The fourth-order valence-corrected chi connectivity index (χ4v) is 23.7. The molecule has 55 heavy (non-hydrogen) atoms. The van der Waals surface area contributed by atoms with Gasteiger partial charge in [0.15, 0.2) is 0 Å². The van der Waals surface area contributed by atoms with Gasteiger partial charge >= 0.3 is 339 Å². The maximum atomic E-state index is 15.0. The fourth-order valence-electron chi connectivity index (χ4n) is 8.60. The van der Waals surface area contributed by atoms with Crippen LogP contribution in [0.3, 0.4) is 0 Å². The van der Waals surface area contributed by atoms with E-state index in [2.05, 4.69) is 55.4 Å². The molecule has 0 bridgehead atoms. The topological polar surface area (TPSA) is 86.7 Å². The Morgan fingerprint density at radius 1 is 0.418 bits per heavy atom. The molecule has 6 nitrogen and oxygen atoms in total. The van der Waals surface area contributed by atoms with Crippen molar-refractivity contribution in [2.75, 3.05) is 49.3 Å². The zero-order valence-corrected chi connectivity index (χ0v) is 38.9. The second-order valence-corrected chi connectivity index (χ2v) is 29.8. The van der Waals surface area contributed by atoms with Gasteiger partial charge < -0.3 is 0 Å². The molecule has 0 aromatic heterocycles. The summed E-state index contributed by atoms with van der Waals surface area (Å²) in [7, 11) is -4.35. The van der Waals surface area contributed by atoms with Gasteiger partial charge in [0.1, 0.15) is 0 Å². The molecule has 0 atom stereocenters. The number of rotatable bonds is 30. The van der Waals surface area contributed by atoms with Gasteiger partial charge in [-0.1, -0.05) is 0 Å². The van der Waals surface area contributed by atoms with E-state index in [9.17, 15) is 18.0 Å². The standard InChI is InChI=1S/C46H80O6P2S/c1-9-17-33-53(34-18-10-2,35-19-11-3,36-20-12-4)51-45(47)41-29-25-27-31-43(41)55(49,50)44-32-28-26-30-42(44)46(48)52-54(37-21-13-5,38-22-14-6,39-23-15-7)40-24-16-8/h25-32H,9-24,33-40H2,1-8H3. The molecule has 316 valence electrons. The summed E-state index contributed by atoms with van der Waals surface area (Å²) in [5.74, 6) is -1.08. The first kappa shape index (κ1) is 49.3. The average molecular weight is 823 g/mol. The molecule has 0 N–H and O–H groups in total. The molecule has 9 heteroatoms. The number of carbonyl (C=O) groups is 2. The molecule has 2 aromatic carbocycles. The molecule has 0 amide bonds.